The highest BCUT2D eigenvalue weighted by Gasteiger charge is 2.35. The summed E-state index contributed by atoms with van der Waals surface area (Å²) in [7, 11) is 0. The van der Waals surface area contributed by atoms with Gasteiger partial charge in [0.2, 0.25) is 5.91 Å². The summed E-state index contributed by atoms with van der Waals surface area (Å²) >= 11 is 0. The van der Waals surface area contributed by atoms with Crippen LogP contribution in [0, 0.1) is 5.92 Å². The summed E-state index contributed by atoms with van der Waals surface area (Å²) in [6.45, 7) is 3.95. The molecule has 0 bridgehead atoms. The number of β-amino-alcohol motifs (C(OH)–C–C–N with tert-alkyl or cyclic N) is 1. The van der Waals surface area contributed by atoms with Crippen LogP contribution in [0.4, 0.5) is 0 Å². The van der Waals surface area contributed by atoms with Crippen molar-refractivity contribution in [2.75, 3.05) is 26.2 Å². The van der Waals surface area contributed by atoms with E-state index in [1.165, 1.54) is 0 Å². The SMILES string of the molecule is CC(=O)C1CNCCN1CC(O)CC(Cc1ccccc1)C(=O)NC1c2ccccc2CC1O. The molecule has 0 aromatic heterocycles. The van der Waals surface area contributed by atoms with Crippen LogP contribution >= 0.6 is 0 Å². The second-order valence-electron chi connectivity index (χ2n) is 9.56. The van der Waals surface area contributed by atoms with Crippen molar-refractivity contribution in [3.8, 4) is 0 Å². The van der Waals surface area contributed by atoms with Crippen LogP contribution in [-0.4, -0.2) is 71.2 Å². The lowest BCUT2D eigenvalue weighted by Gasteiger charge is -2.36. The number of hydrogen-bond acceptors (Lipinski definition) is 6. The Morgan fingerprint density at radius 3 is 2.65 bits per heavy atom. The molecule has 2 aromatic rings. The third-order valence-electron chi connectivity index (χ3n) is 7.02. The number of nitrogens with zero attached hydrogens (tertiary/aromatic N) is 1. The molecule has 7 heteroatoms. The lowest BCUT2D eigenvalue weighted by molar-refractivity contribution is -0.128. The Labute approximate surface area is 201 Å². The monoisotopic (exact) mass is 465 g/mol. The largest absolute Gasteiger partial charge is 0.392 e. The number of fused-ring (bicyclic) bond motifs is 1. The topological polar surface area (TPSA) is 102 Å². The average Bonchev–Trinajstić information content (AvgIpc) is 3.14. The molecule has 2 aliphatic rings. The predicted octanol–water partition coefficient (Wildman–Crippen LogP) is 1.23. The van der Waals surface area contributed by atoms with Gasteiger partial charge in [0, 0.05) is 38.5 Å². The molecule has 2 aromatic carbocycles. The van der Waals surface area contributed by atoms with Crippen molar-refractivity contribution >= 4 is 11.7 Å². The predicted molar refractivity (Wildman–Crippen MR) is 130 cm³/mol. The molecule has 182 valence electrons. The van der Waals surface area contributed by atoms with E-state index in [4.69, 9.17) is 0 Å². The van der Waals surface area contributed by atoms with Gasteiger partial charge >= 0.3 is 0 Å². The molecule has 1 heterocycles. The molecule has 1 fully saturated rings. The summed E-state index contributed by atoms with van der Waals surface area (Å²) in [4.78, 5) is 27.5. The summed E-state index contributed by atoms with van der Waals surface area (Å²) in [5, 5.41) is 27.9. The van der Waals surface area contributed by atoms with Crippen LogP contribution < -0.4 is 10.6 Å². The number of Topliss-reactive ketones (excluding diaryl/α,β-unsaturated/α-hetero) is 1. The number of ketones is 1. The van der Waals surface area contributed by atoms with E-state index in [1.54, 1.807) is 6.92 Å². The number of benzene rings is 2. The second kappa shape index (κ2) is 11.2. The van der Waals surface area contributed by atoms with Crippen molar-refractivity contribution in [3.63, 3.8) is 0 Å². The van der Waals surface area contributed by atoms with Gasteiger partial charge in [0.1, 0.15) is 5.78 Å². The normalized spacial score (nSPS) is 24.3. The van der Waals surface area contributed by atoms with Crippen molar-refractivity contribution < 1.29 is 19.8 Å². The number of hydrogen-bond donors (Lipinski definition) is 4. The Morgan fingerprint density at radius 2 is 1.88 bits per heavy atom. The van der Waals surface area contributed by atoms with E-state index in [9.17, 15) is 19.8 Å². The molecule has 1 aliphatic carbocycles. The first-order valence-electron chi connectivity index (χ1n) is 12.2. The Hall–Kier alpha value is -2.58. The summed E-state index contributed by atoms with van der Waals surface area (Å²) in [5.41, 5.74) is 3.02. The summed E-state index contributed by atoms with van der Waals surface area (Å²) < 4.78 is 0. The van der Waals surface area contributed by atoms with Crippen LogP contribution in [0.1, 0.15) is 36.1 Å². The van der Waals surface area contributed by atoms with Crippen LogP contribution in [-0.2, 0) is 22.4 Å². The number of piperazine rings is 1. The van der Waals surface area contributed by atoms with Gasteiger partial charge in [-0.05, 0) is 36.5 Å². The fourth-order valence-electron chi connectivity index (χ4n) is 5.24. The van der Waals surface area contributed by atoms with Crippen LogP contribution in [0.15, 0.2) is 54.6 Å². The molecule has 1 saturated heterocycles. The minimum Gasteiger partial charge on any atom is -0.392 e. The molecule has 0 saturated carbocycles. The van der Waals surface area contributed by atoms with E-state index >= 15 is 0 Å². The van der Waals surface area contributed by atoms with E-state index in [0.717, 1.165) is 23.2 Å². The number of aliphatic hydroxyl groups excluding tert-OH is 2. The van der Waals surface area contributed by atoms with Crippen molar-refractivity contribution in [2.24, 2.45) is 5.92 Å². The lowest BCUT2D eigenvalue weighted by Crippen LogP contribution is -2.56. The van der Waals surface area contributed by atoms with Gasteiger partial charge in [-0.1, -0.05) is 54.6 Å². The molecule has 1 amide bonds. The van der Waals surface area contributed by atoms with Crippen molar-refractivity contribution in [1.29, 1.82) is 0 Å². The average molecular weight is 466 g/mol. The standard InChI is InChI=1S/C27H35N3O4/c1-18(31)24-16-28-11-12-30(24)17-22(32)14-21(13-19-7-3-2-4-8-19)27(34)29-26-23-10-6-5-9-20(23)15-25(26)33/h2-10,21-22,24-26,28,32-33H,11-17H2,1H3,(H,29,34). The Balaban J connectivity index is 1.46. The Bertz CT molecular complexity index is 983. The molecule has 0 spiro atoms. The van der Waals surface area contributed by atoms with Gasteiger partial charge in [-0.15, -0.1) is 0 Å². The van der Waals surface area contributed by atoms with Crippen molar-refractivity contribution in [1.82, 2.24) is 15.5 Å². The minimum atomic E-state index is -0.750. The summed E-state index contributed by atoms with van der Waals surface area (Å²) in [6.07, 6.45) is -0.130. The van der Waals surface area contributed by atoms with Crippen LogP contribution in [0.3, 0.4) is 0 Å². The number of carbonyl (C=O) groups is 2. The van der Waals surface area contributed by atoms with Gasteiger partial charge in [-0.25, -0.2) is 0 Å². The molecule has 5 unspecified atom stereocenters. The first kappa shape index (κ1) is 24.5. The first-order chi connectivity index (χ1) is 16.4. The number of aliphatic hydroxyl groups is 2. The van der Waals surface area contributed by atoms with E-state index < -0.39 is 24.2 Å². The van der Waals surface area contributed by atoms with Gasteiger partial charge in [0.15, 0.2) is 0 Å². The number of nitrogens with one attached hydrogen (secondary N) is 2. The van der Waals surface area contributed by atoms with Gasteiger partial charge in [-0.3, -0.25) is 14.5 Å². The lowest BCUT2D eigenvalue weighted by atomic mass is 9.91. The fourth-order valence-corrected chi connectivity index (χ4v) is 5.24. The third-order valence-corrected chi connectivity index (χ3v) is 7.02. The quantitative estimate of drug-likeness (QED) is 0.445. The Morgan fingerprint density at radius 1 is 1.15 bits per heavy atom. The molecule has 0 radical (unpaired) electrons. The van der Waals surface area contributed by atoms with E-state index in [2.05, 4.69) is 10.6 Å². The molecule has 7 nitrogen and oxygen atoms in total. The Kier molecular flexibility index (Phi) is 8.11. The van der Waals surface area contributed by atoms with Crippen LogP contribution in [0.2, 0.25) is 0 Å². The zero-order chi connectivity index (χ0) is 24.1. The van der Waals surface area contributed by atoms with Gasteiger partial charge in [-0.2, -0.15) is 0 Å². The molecular weight excluding hydrogens is 430 g/mol. The van der Waals surface area contributed by atoms with E-state index in [1.807, 2.05) is 59.5 Å². The zero-order valence-electron chi connectivity index (χ0n) is 19.7. The van der Waals surface area contributed by atoms with E-state index in [0.29, 0.717) is 32.5 Å². The highest BCUT2D eigenvalue weighted by molar-refractivity contribution is 5.82. The third kappa shape index (κ3) is 5.91. The number of carbonyl (C=O) groups excluding carboxylic acids is 2. The molecular formula is C27H35N3O4. The highest BCUT2D eigenvalue weighted by Crippen LogP contribution is 2.32. The molecule has 34 heavy (non-hydrogen) atoms. The zero-order valence-corrected chi connectivity index (χ0v) is 19.7. The van der Waals surface area contributed by atoms with Crippen molar-refractivity contribution in [3.05, 3.63) is 71.3 Å². The summed E-state index contributed by atoms with van der Waals surface area (Å²) in [6, 6.07) is 16.9. The van der Waals surface area contributed by atoms with Crippen LogP contribution in [0.5, 0.6) is 0 Å². The first-order valence-corrected chi connectivity index (χ1v) is 12.2. The minimum absolute atomic E-state index is 0.0758. The smallest absolute Gasteiger partial charge is 0.224 e. The van der Waals surface area contributed by atoms with Crippen LogP contribution in [0.25, 0.3) is 0 Å². The second-order valence-corrected chi connectivity index (χ2v) is 9.56. The molecule has 4 N–H and O–H groups in total. The fraction of sp³-hybridized carbons (Fsp3) is 0.481. The molecule has 4 rings (SSSR count). The maximum Gasteiger partial charge on any atom is 0.224 e. The van der Waals surface area contributed by atoms with E-state index in [-0.39, 0.29) is 24.2 Å². The summed E-state index contributed by atoms with van der Waals surface area (Å²) in [5.74, 6) is -0.560. The number of amides is 1. The maximum atomic E-state index is 13.4. The van der Waals surface area contributed by atoms with Gasteiger partial charge in [0.05, 0.1) is 24.3 Å². The highest BCUT2D eigenvalue weighted by atomic mass is 16.3. The van der Waals surface area contributed by atoms with Gasteiger partial charge < -0.3 is 20.8 Å². The van der Waals surface area contributed by atoms with Crippen molar-refractivity contribution in [2.45, 2.75) is 50.5 Å². The maximum absolute atomic E-state index is 13.4. The molecule has 1 aliphatic heterocycles. The molecule has 5 atom stereocenters. The number of rotatable bonds is 9. The van der Waals surface area contributed by atoms with Gasteiger partial charge in [0.25, 0.3) is 0 Å².